The molecule has 3 atom stereocenters. The maximum Gasteiger partial charge on any atom is -0.0355 e. The van der Waals surface area contributed by atoms with Crippen LogP contribution in [0.3, 0.4) is 0 Å². The summed E-state index contributed by atoms with van der Waals surface area (Å²) in [4.78, 5) is 0. The van der Waals surface area contributed by atoms with Crippen LogP contribution in [0.15, 0.2) is 0 Å². The van der Waals surface area contributed by atoms with E-state index in [2.05, 4.69) is 6.92 Å². The van der Waals surface area contributed by atoms with E-state index in [1.807, 2.05) is 0 Å². The topological polar surface area (TPSA) is 0 Å². The van der Waals surface area contributed by atoms with Gasteiger partial charge in [0, 0.05) is 0 Å². The van der Waals surface area contributed by atoms with E-state index >= 15 is 0 Å². The fraction of sp³-hybridized carbons (Fsp3) is 1.00. The van der Waals surface area contributed by atoms with Crippen molar-refractivity contribution in [2.45, 2.75) is 77.6 Å². The summed E-state index contributed by atoms with van der Waals surface area (Å²) in [6.07, 6.45) is 17.0. The molecule has 0 spiro atoms. The SMILES string of the molecule is CC(C1CCCC1)C1CC1CCC1CCCC1. The van der Waals surface area contributed by atoms with Gasteiger partial charge in [0.2, 0.25) is 0 Å². The molecular formula is C17H30. The minimum absolute atomic E-state index is 1.06. The Hall–Kier alpha value is 0. The highest BCUT2D eigenvalue weighted by atomic mass is 14.5. The first kappa shape index (κ1) is 12.1. The van der Waals surface area contributed by atoms with E-state index < -0.39 is 0 Å². The van der Waals surface area contributed by atoms with Crippen molar-refractivity contribution in [1.29, 1.82) is 0 Å². The summed E-state index contributed by atoms with van der Waals surface area (Å²) in [5, 5.41) is 0. The van der Waals surface area contributed by atoms with Crippen LogP contribution in [0.4, 0.5) is 0 Å². The van der Waals surface area contributed by atoms with Crippen LogP contribution < -0.4 is 0 Å². The lowest BCUT2D eigenvalue weighted by molar-refractivity contribution is 0.307. The lowest BCUT2D eigenvalue weighted by Crippen LogP contribution is -2.11. The van der Waals surface area contributed by atoms with Gasteiger partial charge < -0.3 is 0 Å². The molecule has 0 aromatic carbocycles. The van der Waals surface area contributed by atoms with Gasteiger partial charge in [0.15, 0.2) is 0 Å². The summed E-state index contributed by atoms with van der Waals surface area (Å²) in [5.41, 5.74) is 0. The third kappa shape index (κ3) is 2.88. The number of rotatable bonds is 5. The summed E-state index contributed by atoms with van der Waals surface area (Å²) >= 11 is 0. The molecule has 17 heavy (non-hydrogen) atoms. The largest absolute Gasteiger partial charge is 0.0620 e. The summed E-state index contributed by atoms with van der Waals surface area (Å²) in [6, 6.07) is 0. The average Bonchev–Trinajstić information content (AvgIpc) is 2.80. The summed E-state index contributed by atoms with van der Waals surface area (Å²) in [6.45, 7) is 2.57. The molecule has 3 aliphatic rings. The molecular weight excluding hydrogens is 204 g/mol. The maximum absolute atomic E-state index is 2.57. The fourth-order valence-corrected chi connectivity index (χ4v) is 4.83. The predicted molar refractivity (Wildman–Crippen MR) is 73.9 cm³/mol. The van der Waals surface area contributed by atoms with Gasteiger partial charge in [0.25, 0.3) is 0 Å². The van der Waals surface area contributed by atoms with Crippen LogP contribution in [-0.4, -0.2) is 0 Å². The van der Waals surface area contributed by atoms with Crippen LogP contribution in [0.25, 0.3) is 0 Å². The predicted octanol–water partition coefficient (Wildman–Crippen LogP) is 5.42. The first-order chi connectivity index (χ1) is 8.34. The van der Waals surface area contributed by atoms with Crippen LogP contribution in [0.1, 0.15) is 77.6 Å². The molecule has 0 radical (unpaired) electrons. The summed E-state index contributed by atoms with van der Waals surface area (Å²) < 4.78 is 0. The maximum atomic E-state index is 2.57. The van der Waals surface area contributed by atoms with Gasteiger partial charge in [0.05, 0.1) is 0 Å². The van der Waals surface area contributed by atoms with E-state index in [9.17, 15) is 0 Å². The Morgan fingerprint density at radius 1 is 0.882 bits per heavy atom. The fourth-order valence-electron chi connectivity index (χ4n) is 4.83. The van der Waals surface area contributed by atoms with Gasteiger partial charge in [-0.05, 0) is 42.4 Å². The minimum Gasteiger partial charge on any atom is -0.0620 e. The first-order valence-electron chi connectivity index (χ1n) is 8.34. The van der Waals surface area contributed by atoms with E-state index in [0.29, 0.717) is 0 Å². The molecule has 0 amide bonds. The standard InChI is InChI=1S/C17H30/c1-13(15-8-4-5-9-15)17-12-16(17)11-10-14-6-2-3-7-14/h13-17H,2-12H2,1H3. The molecule has 0 heterocycles. The molecule has 0 heteroatoms. The zero-order valence-electron chi connectivity index (χ0n) is 11.7. The smallest absolute Gasteiger partial charge is 0.0355 e. The second kappa shape index (κ2) is 5.33. The first-order valence-corrected chi connectivity index (χ1v) is 8.34. The molecule has 3 unspecified atom stereocenters. The Morgan fingerprint density at radius 3 is 2.24 bits per heavy atom. The molecule has 0 bridgehead atoms. The average molecular weight is 234 g/mol. The van der Waals surface area contributed by atoms with Crippen molar-refractivity contribution in [2.24, 2.45) is 29.6 Å². The van der Waals surface area contributed by atoms with Crippen LogP contribution in [0, 0.1) is 29.6 Å². The van der Waals surface area contributed by atoms with Gasteiger partial charge in [-0.3, -0.25) is 0 Å². The number of hydrogen-bond acceptors (Lipinski definition) is 0. The van der Waals surface area contributed by atoms with E-state index in [1.54, 1.807) is 44.9 Å². The van der Waals surface area contributed by atoms with Crippen molar-refractivity contribution in [2.75, 3.05) is 0 Å². The van der Waals surface area contributed by atoms with Crippen LogP contribution >= 0.6 is 0 Å². The molecule has 0 N–H and O–H groups in total. The molecule has 3 fully saturated rings. The van der Waals surface area contributed by atoms with E-state index in [0.717, 1.165) is 29.6 Å². The molecule has 3 aliphatic carbocycles. The molecule has 0 saturated heterocycles. The molecule has 3 saturated carbocycles. The third-order valence-corrected chi connectivity index (χ3v) is 6.22. The van der Waals surface area contributed by atoms with Gasteiger partial charge in [-0.1, -0.05) is 64.7 Å². The van der Waals surface area contributed by atoms with Crippen molar-refractivity contribution in [3.8, 4) is 0 Å². The van der Waals surface area contributed by atoms with Gasteiger partial charge in [-0.2, -0.15) is 0 Å². The molecule has 98 valence electrons. The van der Waals surface area contributed by atoms with Crippen LogP contribution in [0.2, 0.25) is 0 Å². The lowest BCUT2D eigenvalue weighted by Gasteiger charge is -2.19. The Labute approximate surface area is 108 Å². The Bertz CT molecular complexity index is 232. The summed E-state index contributed by atoms with van der Waals surface area (Å²) in [7, 11) is 0. The second-order valence-electron chi connectivity index (χ2n) is 7.29. The van der Waals surface area contributed by atoms with Crippen LogP contribution in [-0.2, 0) is 0 Å². The van der Waals surface area contributed by atoms with Crippen LogP contribution in [0.5, 0.6) is 0 Å². The zero-order chi connectivity index (χ0) is 11.7. The van der Waals surface area contributed by atoms with Crippen molar-refractivity contribution in [1.82, 2.24) is 0 Å². The zero-order valence-corrected chi connectivity index (χ0v) is 11.7. The lowest BCUT2D eigenvalue weighted by atomic mass is 9.87. The third-order valence-electron chi connectivity index (χ3n) is 6.22. The van der Waals surface area contributed by atoms with Crippen molar-refractivity contribution in [3.05, 3.63) is 0 Å². The van der Waals surface area contributed by atoms with Gasteiger partial charge in [-0.25, -0.2) is 0 Å². The van der Waals surface area contributed by atoms with Gasteiger partial charge >= 0.3 is 0 Å². The Kier molecular flexibility index (Phi) is 3.78. The highest BCUT2D eigenvalue weighted by molar-refractivity contribution is 4.93. The molecule has 3 rings (SSSR count). The van der Waals surface area contributed by atoms with Crippen molar-refractivity contribution >= 4 is 0 Å². The van der Waals surface area contributed by atoms with Crippen molar-refractivity contribution in [3.63, 3.8) is 0 Å². The number of hydrogen-bond donors (Lipinski definition) is 0. The molecule has 0 aromatic heterocycles. The van der Waals surface area contributed by atoms with E-state index in [1.165, 1.54) is 25.7 Å². The van der Waals surface area contributed by atoms with Gasteiger partial charge in [0.1, 0.15) is 0 Å². The Morgan fingerprint density at radius 2 is 1.53 bits per heavy atom. The minimum atomic E-state index is 1.06. The molecule has 0 nitrogen and oxygen atoms in total. The quantitative estimate of drug-likeness (QED) is 0.596. The monoisotopic (exact) mass is 234 g/mol. The van der Waals surface area contributed by atoms with Gasteiger partial charge in [-0.15, -0.1) is 0 Å². The van der Waals surface area contributed by atoms with E-state index in [-0.39, 0.29) is 0 Å². The second-order valence-corrected chi connectivity index (χ2v) is 7.29. The normalized spacial score (nSPS) is 36.5. The Balaban J connectivity index is 1.37. The van der Waals surface area contributed by atoms with E-state index in [4.69, 9.17) is 0 Å². The highest BCUT2D eigenvalue weighted by Crippen LogP contribution is 2.52. The summed E-state index contributed by atoms with van der Waals surface area (Å²) in [5.74, 6) is 5.58. The molecule has 0 aromatic rings. The van der Waals surface area contributed by atoms with Crippen molar-refractivity contribution < 1.29 is 0 Å². The molecule has 0 aliphatic heterocycles. The highest BCUT2D eigenvalue weighted by Gasteiger charge is 2.43.